The highest BCUT2D eigenvalue weighted by Crippen LogP contribution is 2.02. The van der Waals surface area contributed by atoms with E-state index in [0.29, 0.717) is 6.61 Å². The van der Waals surface area contributed by atoms with Gasteiger partial charge in [0.05, 0.1) is 6.61 Å². The van der Waals surface area contributed by atoms with Gasteiger partial charge in [-0.1, -0.05) is 30.3 Å². The predicted molar refractivity (Wildman–Crippen MR) is 93.3 cm³/mol. The number of hydrogen-bond acceptors (Lipinski definition) is 3. The van der Waals surface area contributed by atoms with Crippen molar-refractivity contribution in [3.8, 4) is 0 Å². The molecule has 0 aliphatic heterocycles. The summed E-state index contributed by atoms with van der Waals surface area (Å²) >= 11 is 0. The molecule has 0 aliphatic rings. The Morgan fingerprint density at radius 2 is 1.91 bits per heavy atom. The van der Waals surface area contributed by atoms with Crippen molar-refractivity contribution in [2.45, 2.75) is 19.9 Å². The molecular formula is C17H30N4O. The van der Waals surface area contributed by atoms with Crippen molar-refractivity contribution < 1.29 is 4.74 Å². The van der Waals surface area contributed by atoms with Crippen LogP contribution in [0.25, 0.3) is 0 Å². The molecule has 0 saturated carbocycles. The van der Waals surface area contributed by atoms with E-state index in [1.165, 1.54) is 5.56 Å². The second kappa shape index (κ2) is 12.0. The van der Waals surface area contributed by atoms with Crippen molar-refractivity contribution in [1.29, 1.82) is 0 Å². The maximum atomic E-state index is 5.29. The van der Waals surface area contributed by atoms with Crippen LogP contribution in [0.4, 0.5) is 0 Å². The van der Waals surface area contributed by atoms with Crippen molar-refractivity contribution >= 4 is 5.96 Å². The molecule has 0 bridgehead atoms. The fourth-order valence-electron chi connectivity index (χ4n) is 2.14. The molecule has 1 aromatic rings. The number of guanidine groups is 1. The van der Waals surface area contributed by atoms with E-state index >= 15 is 0 Å². The summed E-state index contributed by atoms with van der Waals surface area (Å²) in [5.41, 5.74) is 1.35. The highest BCUT2D eigenvalue weighted by Gasteiger charge is 2.01. The quantitative estimate of drug-likeness (QED) is 0.392. The van der Waals surface area contributed by atoms with Gasteiger partial charge in [-0.3, -0.25) is 4.99 Å². The van der Waals surface area contributed by atoms with Gasteiger partial charge in [0.2, 0.25) is 0 Å². The van der Waals surface area contributed by atoms with Crippen LogP contribution in [-0.2, 0) is 11.3 Å². The lowest BCUT2D eigenvalue weighted by molar-refractivity contribution is 0.152. The Balaban J connectivity index is 2.10. The van der Waals surface area contributed by atoms with Crippen LogP contribution in [0.15, 0.2) is 35.3 Å². The molecule has 0 radical (unpaired) electrons. The van der Waals surface area contributed by atoms with Gasteiger partial charge in [0.25, 0.3) is 0 Å². The summed E-state index contributed by atoms with van der Waals surface area (Å²) in [7, 11) is 3.94. The number of hydrogen-bond donors (Lipinski definition) is 2. The molecule has 0 atom stereocenters. The number of ether oxygens (including phenoxy) is 1. The van der Waals surface area contributed by atoms with Gasteiger partial charge in [0.1, 0.15) is 0 Å². The lowest BCUT2D eigenvalue weighted by atomic mass is 10.2. The summed E-state index contributed by atoms with van der Waals surface area (Å²) in [5, 5.41) is 6.55. The smallest absolute Gasteiger partial charge is 0.191 e. The summed E-state index contributed by atoms with van der Waals surface area (Å²) in [6.07, 6.45) is 1.08. The zero-order valence-electron chi connectivity index (χ0n) is 14.1. The molecule has 0 unspecified atom stereocenters. The molecular weight excluding hydrogens is 276 g/mol. The third-order valence-corrected chi connectivity index (χ3v) is 3.27. The number of nitrogens with zero attached hydrogens (tertiary/aromatic N) is 2. The molecule has 1 rings (SSSR count). The van der Waals surface area contributed by atoms with Gasteiger partial charge in [0, 0.05) is 33.3 Å². The van der Waals surface area contributed by atoms with Gasteiger partial charge in [0.15, 0.2) is 5.96 Å². The van der Waals surface area contributed by atoms with E-state index < -0.39 is 0 Å². The zero-order valence-corrected chi connectivity index (χ0v) is 14.1. The van der Waals surface area contributed by atoms with Crippen molar-refractivity contribution in [2.75, 3.05) is 46.9 Å². The molecule has 1 aromatic carbocycles. The monoisotopic (exact) mass is 306 g/mol. The molecule has 0 heterocycles. The topological polar surface area (TPSA) is 48.9 Å². The highest BCUT2D eigenvalue weighted by molar-refractivity contribution is 5.79. The first kappa shape index (κ1) is 18.5. The third-order valence-electron chi connectivity index (χ3n) is 3.27. The van der Waals surface area contributed by atoms with E-state index in [2.05, 4.69) is 57.9 Å². The summed E-state index contributed by atoms with van der Waals surface area (Å²) in [6.45, 7) is 7.19. The molecule has 0 saturated heterocycles. The van der Waals surface area contributed by atoms with Crippen molar-refractivity contribution in [3.63, 3.8) is 0 Å². The van der Waals surface area contributed by atoms with E-state index in [9.17, 15) is 0 Å². The third kappa shape index (κ3) is 8.64. The summed E-state index contributed by atoms with van der Waals surface area (Å²) in [5.74, 6) is 0.838. The molecule has 0 spiro atoms. The summed E-state index contributed by atoms with van der Waals surface area (Å²) in [6, 6.07) is 10.6. The normalized spacial score (nSPS) is 11.7. The Kier molecular flexibility index (Phi) is 10.1. The Bertz CT molecular complexity index is 408. The summed E-state index contributed by atoms with van der Waals surface area (Å²) in [4.78, 5) is 6.53. The highest BCUT2D eigenvalue weighted by atomic mass is 16.5. The molecule has 5 nitrogen and oxygen atoms in total. The molecule has 0 aromatic heterocycles. The Hall–Kier alpha value is -1.59. The number of rotatable bonds is 10. The maximum absolute atomic E-state index is 5.29. The van der Waals surface area contributed by atoms with Crippen molar-refractivity contribution in [2.24, 2.45) is 4.99 Å². The number of nitrogens with one attached hydrogen (secondary N) is 2. The lowest BCUT2D eigenvalue weighted by Gasteiger charge is -2.17. The van der Waals surface area contributed by atoms with E-state index in [-0.39, 0.29) is 0 Å². The molecule has 124 valence electrons. The van der Waals surface area contributed by atoms with Crippen LogP contribution in [0.3, 0.4) is 0 Å². The number of aliphatic imine (C=N–C) groups is 1. The van der Waals surface area contributed by atoms with Gasteiger partial charge >= 0.3 is 0 Å². The van der Waals surface area contributed by atoms with Crippen LogP contribution in [0.5, 0.6) is 0 Å². The first-order valence-electron chi connectivity index (χ1n) is 8.01. The standard InChI is InChI=1S/C17H30N4O/c1-4-22-14-12-20-17(18-2)19-11-8-13-21(3)15-16-9-6-5-7-10-16/h5-7,9-10H,4,8,11-15H2,1-3H3,(H2,18,19,20). The van der Waals surface area contributed by atoms with Crippen LogP contribution in [-0.4, -0.2) is 57.8 Å². The minimum absolute atomic E-state index is 0.705. The molecule has 0 amide bonds. The minimum atomic E-state index is 0.705. The van der Waals surface area contributed by atoms with Crippen LogP contribution in [0.2, 0.25) is 0 Å². The summed E-state index contributed by atoms with van der Waals surface area (Å²) < 4.78 is 5.29. The Morgan fingerprint density at radius 1 is 1.18 bits per heavy atom. The average molecular weight is 306 g/mol. The SMILES string of the molecule is CCOCCNC(=NC)NCCCN(C)Cc1ccccc1. The van der Waals surface area contributed by atoms with E-state index in [0.717, 1.165) is 45.2 Å². The maximum Gasteiger partial charge on any atom is 0.191 e. The molecule has 0 fully saturated rings. The first-order chi connectivity index (χ1) is 10.8. The van der Waals surface area contributed by atoms with Crippen LogP contribution in [0.1, 0.15) is 18.9 Å². The van der Waals surface area contributed by atoms with Gasteiger partial charge in [-0.15, -0.1) is 0 Å². The zero-order chi connectivity index (χ0) is 16.0. The van der Waals surface area contributed by atoms with E-state index in [1.54, 1.807) is 7.05 Å². The second-order valence-corrected chi connectivity index (χ2v) is 5.20. The fraction of sp³-hybridized carbons (Fsp3) is 0.588. The molecule has 5 heteroatoms. The minimum Gasteiger partial charge on any atom is -0.380 e. The van der Waals surface area contributed by atoms with Crippen molar-refractivity contribution in [1.82, 2.24) is 15.5 Å². The largest absolute Gasteiger partial charge is 0.380 e. The van der Waals surface area contributed by atoms with Crippen molar-refractivity contribution in [3.05, 3.63) is 35.9 Å². The molecule has 2 N–H and O–H groups in total. The molecule has 0 aliphatic carbocycles. The van der Waals surface area contributed by atoms with E-state index in [1.807, 2.05) is 6.92 Å². The number of benzene rings is 1. The predicted octanol–water partition coefficient (Wildman–Crippen LogP) is 1.71. The fourth-order valence-corrected chi connectivity index (χ4v) is 2.14. The van der Waals surface area contributed by atoms with Gasteiger partial charge in [-0.25, -0.2) is 0 Å². The Morgan fingerprint density at radius 3 is 2.59 bits per heavy atom. The van der Waals surface area contributed by atoms with Crippen LogP contribution < -0.4 is 10.6 Å². The van der Waals surface area contributed by atoms with Crippen LogP contribution >= 0.6 is 0 Å². The first-order valence-corrected chi connectivity index (χ1v) is 8.01. The van der Waals surface area contributed by atoms with Crippen LogP contribution in [0, 0.1) is 0 Å². The average Bonchev–Trinajstić information content (AvgIpc) is 2.54. The Labute approximate surface area is 134 Å². The van der Waals surface area contributed by atoms with E-state index in [4.69, 9.17) is 4.74 Å². The lowest BCUT2D eigenvalue weighted by Crippen LogP contribution is -2.40. The van der Waals surface area contributed by atoms with Gasteiger partial charge in [-0.05, 0) is 32.5 Å². The molecule has 22 heavy (non-hydrogen) atoms. The second-order valence-electron chi connectivity index (χ2n) is 5.20. The van der Waals surface area contributed by atoms with Gasteiger partial charge < -0.3 is 20.3 Å². The van der Waals surface area contributed by atoms with Gasteiger partial charge in [-0.2, -0.15) is 0 Å².